The number of hydrogen-bond donors (Lipinski definition) is 3. The number of nitrogens with one attached hydrogen (secondary N) is 2. The highest BCUT2D eigenvalue weighted by molar-refractivity contribution is 5.85. The van der Waals surface area contributed by atoms with E-state index in [2.05, 4.69) is 37.6 Å². The van der Waals surface area contributed by atoms with Crippen molar-refractivity contribution in [1.29, 1.82) is 0 Å². The maximum absolute atomic E-state index is 12.4. The predicted molar refractivity (Wildman–Crippen MR) is 142 cm³/mol. The van der Waals surface area contributed by atoms with Gasteiger partial charge in [-0.15, -0.1) is 0 Å². The molecule has 9 nitrogen and oxygen atoms in total. The minimum Gasteiger partial charge on any atom is -0.508 e. The minimum atomic E-state index is -0.0670. The molecular weight excluding hydrogens is 456 g/mol. The van der Waals surface area contributed by atoms with Crippen LogP contribution >= 0.6 is 0 Å². The third-order valence-electron chi connectivity index (χ3n) is 6.41. The fourth-order valence-electron chi connectivity index (χ4n) is 4.50. The van der Waals surface area contributed by atoms with Gasteiger partial charge in [-0.25, -0.2) is 9.97 Å². The van der Waals surface area contributed by atoms with Crippen LogP contribution < -0.4 is 15.5 Å². The first-order valence-corrected chi connectivity index (χ1v) is 12.4. The summed E-state index contributed by atoms with van der Waals surface area (Å²) in [5, 5.41) is 17.2. The number of fused-ring (bicyclic) bond motifs is 1. The van der Waals surface area contributed by atoms with Crippen molar-refractivity contribution in [3.8, 4) is 5.75 Å². The van der Waals surface area contributed by atoms with E-state index in [1.807, 2.05) is 36.9 Å². The molecule has 0 atom stereocenters. The molecule has 36 heavy (non-hydrogen) atoms. The summed E-state index contributed by atoms with van der Waals surface area (Å²) in [7, 11) is 0. The average Bonchev–Trinajstić information content (AvgIpc) is 2.86. The third kappa shape index (κ3) is 6.02. The Balaban J connectivity index is 1.34. The van der Waals surface area contributed by atoms with Gasteiger partial charge in [0.25, 0.3) is 0 Å². The molecular formula is C27H34N6O3. The quantitative estimate of drug-likeness (QED) is 0.412. The second-order valence-electron chi connectivity index (χ2n) is 9.41. The fraction of sp³-hybridized carbons (Fsp3) is 0.407. The van der Waals surface area contributed by atoms with Gasteiger partial charge in [0.1, 0.15) is 5.75 Å². The summed E-state index contributed by atoms with van der Waals surface area (Å²) in [5.74, 6) is 0.938. The van der Waals surface area contributed by atoms with Gasteiger partial charge < -0.3 is 25.5 Å². The van der Waals surface area contributed by atoms with Gasteiger partial charge in [0.15, 0.2) is 0 Å². The van der Waals surface area contributed by atoms with Gasteiger partial charge >= 0.3 is 0 Å². The number of benzene rings is 2. The van der Waals surface area contributed by atoms with E-state index in [0.29, 0.717) is 38.4 Å². The summed E-state index contributed by atoms with van der Waals surface area (Å²) < 4.78 is 0. The number of anilines is 3. The van der Waals surface area contributed by atoms with Crippen LogP contribution in [-0.4, -0.2) is 64.5 Å². The van der Waals surface area contributed by atoms with Gasteiger partial charge in [-0.05, 0) is 48.7 Å². The molecule has 0 unspecified atom stereocenters. The number of nitrogens with zero attached hydrogens (tertiary/aromatic N) is 4. The molecule has 0 saturated carbocycles. The molecule has 2 aromatic carbocycles. The standard InChI is InChI=1S/C27H34N6O3/c1-18(2)25-23(35)11-6-20-17-29-27(31-26(20)25)30-21-7-9-22(10-8-21)32-13-15-33(16-14-32)24(36)5-4-12-28-19(3)34/h6-11,17-18,35H,4-5,12-16H2,1-3H3,(H,28,34)(H,29,30,31). The van der Waals surface area contributed by atoms with Crippen molar-refractivity contribution >= 4 is 40.0 Å². The first-order chi connectivity index (χ1) is 17.3. The number of hydrogen-bond acceptors (Lipinski definition) is 7. The van der Waals surface area contributed by atoms with Crippen LogP contribution in [0.25, 0.3) is 10.9 Å². The van der Waals surface area contributed by atoms with Gasteiger partial charge in [-0.3, -0.25) is 9.59 Å². The number of aromatic hydroxyl groups is 1. The fourth-order valence-corrected chi connectivity index (χ4v) is 4.50. The van der Waals surface area contributed by atoms with Crippen LogP contribution in [0.3, 0.4) is 0 Å². The second kappa shape index (κ2) is 11.2. The van der Waals surface area contributed by atoms with Crippen molar-refractivity contribution in [3.05, 3.63) is 48.2 Å². The molecule has 1 fully saturated rings. The van der Waals surface area contributed by atoms with E-state index in [1.54, 1.807) is 12.3 Å². The van der Waals surface area contributed by atoms with Crippen LogP contribution in [0.2, 0.25) is 0 Å². The molecule has 1 aromatic heterocycles. The Morgan fingerprint density at radius 1 is 1.06 bits per heavy atom. The monoisotopic (exact) mass is 490 g/mol. The molecule has 190 valence electrons. The SMILES string of the molecule is CC(=O)NCCCC(=O)N1CCN(c2ccc(Nc3ncc4ccc(O)c(C(C)C)c4n3)cc2)CC1. The largest absolute Gasteiger partial charge is 0.508 e. The zero-order chi connectivity index (χ0) is 25.7. The van der Waals surface area contributed by atoms with E-state index in [1.165, 1.54) is 6.92 Å². The van der Waals surface area contributed by atoms with Crippen molar-refractivity contribution in [2.75, 3.05) is 42.9 Å². The normalized spacial score (nSPS) is 13.8. The Labute approximate surface area is 211 Å². The van der Waals surface area contributed by atoms with Crippen molar-refractivity contribution in [3.63, 3.8) is 0 Å². The van der Waals surface area contributed by atoms with E-state index in [4.69, 9.17) is 0 Å². The third-order valence-corrected chi connectivity index (χ3v) is 6.41. The van der Waals surface area contributed by atoms with E-state index in [9.17, 15) is 14.7 Å². The lowest BCUT2D eigenvalue weighted by atomic mass is 9.99. The number of phenolic OH excluding ortho intramolecular Hbond substituents is 1. The summed E-state index contributed by atoms with van der Waals surface area (Å²) in [6.07, 6.45) is 2.88. The first kappa shape index (κ1) is 25.2. The van der Waals surface area contributed by atoms with Gasteiger partial charge in [0, 0.05) is 74.6 Å². The highest BCUT2D eigenvalue weighted by Crippen LogP contribution is 2.32. The molecule has 2 heterocycles. The number of amides is 2. The molecule has 1 aliphatic rings. The Kier molecular flexibility index (Phi) is 7.87. The number of rotatable bonds is 8. The molecule has 1 aliphatic heterocycles. The Bertz CT molecular complexity index is 1220. The van der Waals surface area contributed by atoms with Crippen molar-refractivity contribution < 1.29 is 14.7 Å². The lowest BCUT2D eigenvalue weighted by Crippen LogP contribution is -2.48. The van der Waals surface area contributed by atoms with Crippen LogP contribution in [0.5, 0.6) is 5.75 Å². The Morgan fingerprint density at radius 3 is 2.44 bits per heavy atom. The molecule has 2 amide bonds. The van der Waals surface area contributed by atoms with Crippen molar-refractivity contribution in [2.24, 2.45) is 0 Å². The zero-order valence-corrected chi connectivity index (χ0v) is 21.1. The van der Waals surface area contributed by atoms with E-state index < -0.39 is 0 Å². The molecule has 4 rings (SSSR count). The maximum atomic E-state index is 12.4. The highest BCUT2D eigenvalue weighted by Gasteiger charge is 2.21. The molecule has 3 N–H and O–H groups in total. The summed E-state index contributed by atoms with van der Waals surface area (Å²) in [4.78, 5) is 36.6. The maximum Gasteiger partial charge on any atom is 0.227 e. The summed E-state index contributed by atoms with van der Waals surface area (Å²) >= 11 is 0. The average molecular weight is 491 g/mol. The molecule has 0 spiro atoms. The van der Waals surface area contributed by atoms with Crippen LogP contribution in [0.15, 0.2) is 42.6 Å². The predicted octanol–water partition coefficient (Wildman–Crippen LogP) is 3.77. The van der Waals surface area contributed by atoms with Crippen LogP contribution in [0.4, 0.5) is 17.3 Å². The lowest BCUT2D eigenvalue weighted by Gasteiger charge is -2.36. The number of piperazine rings is 1. The van der Waals surface area contributed by atoms with Crippen molar-refractivity contribution in [1.82, 2.24) is 20.2 Å². The van der Waals surface area contributed by atoms with E-state index >= 15 is 0 Å². The van der Waals surface area contributed by atoms with E-state index in [0.717, 1.165) is 40.9 Å². The molecule has 3 aromatic rings. The van der Waals surface area contributed by atoms with Gasteiger partial charge in [-0.2, -0.15) is 0 Å². The minimum absolute atomic E-state index is 0.0670. The van der Waals surface area contributed by atoms with Crippen LogP contribution in [0, 0.1) is 0 Å². The molecule has 0 radical (unpaired) electrons. The van der Waals surface area contributed by atoms with Gasteiger partial charge in [0.05, 0.1) is 5.52 Å². The summed E-state index contributed by atoms with van der Waals surface area (Å²) in [5.41, 5.74) is 3.54. The van der Waals surface area contributed by atoms with Crippen molar-refractivity contribution in [2.45, 2.75) is 39.5 Å². The summed E-state index contributed by atoms with van der Waals surface area (Å²) in [6.45, 7) is 9.02. The zero-order valence-electron chi connectivity index (χ0n) is 21.1. The Hall–Kier alpha value is -3.88. The molecule has 9 heteroatoms. The number of aromatic nitrogens is 2. The highest BCUT2D eigenvalue weighted by atomic mass is 16.3. The molecule has 0 aliphatic carbocycles. The Morgan fingerprint density at radius 2 is 1.78 bits per heavy atom. The first-order valence-electron chi connectivity index (χ1n) is 12.4. The molecule has 1 saturated heterocycles. The summed E-state index contributed by atoms with van der Waals surface area (Å²) in [6, 6.07) is 11.6. The van der Waals surface area contributed by atoms with Gasteiger partial charge in [0.2, 0.25) is 17.8 Å². The van der Waals surface area contributed by atoms with Gasteiger partial charge in [-0.1, -0.05) is 13.8 Å². The van der Waals surface area contributed by atoms with Crippen LogP contribution in [-0.2, 0) is 9.59 Å². The second-order valence-corrected chi connectivity index (χ2v) is 9.41. The topological polar surface area (TPSA) is 111 Å². The number of carbonyl (C=O) groups excluding carboxylic acids is 2. The number of carbonyl (C=O) groups is 2. The van der Waals surface area contributed by atoms with E-state index in [-0.39, 0.29) is 23.5 Å². The number of phenols is 1. The smallest absolute Gasteiger partial charge is 0.227 e. The molecule has 0 bridgehead atoms. The lowest BCUT2D eigenvalue weighted by molar-refractivity contribution is -0.131. The van der Waals surface area contributed by atoms with Crippen LogP contribution in [0.1, 0.15) is 45.1 Å².